The van der Waals surface area contributed by atoms with Crippen molar-refractivity contribution in [3.63, 3.8) is 0 Å². The second-order valence-electron chi connectivity index (χ2n) is 8.57. The Bertz CT molecular complexity index is 1320. The fraction of sp³-hybridized carbons (Fsp3) is 0.0938. The summed E-state index contributed by atoms with van der Waals surface area (Å²) in [5.41, 5.74) is 10.5. The first-order valence-corrected chi connectivity index (χ1v) is 11.4. The van der Waals surface area contributed by atoms with Crippen molar-refractivity contribution in [2.45, 2.75) is 19.8 Å². The van der Waals surface area contributed by atoms with Crippen molar-refractivity contribution in [1.82, 2.24) is 0 Å². The highest BCUT2D eigenvalue weighted by Crippen LogP contribution is 2.47. The van der Waals surface area contributed by atoms with Crippen LogP contribution in [0.5, 0.6) is 0 Å². The number of carbonyl (C=O) groups is 1. The number of rotatable bonds is 5. The molecular weight excluding hydrogens is 400 g/mol. The molecule has 1 unspecified atom stereocenters. The lowest BCUT2D eigenvalue weighted by atomic mass is 9.90. The predicted octanol–water partition coefficient (Wildman–Crippen LogP) is 7.94. The van der Waals surface area contributed by atoms with Crippen LogP contribution in [0.3, 0.4) is 0 Å². The summed E-state index contributed by atoms with van der Waals surface area (Å²) >= 11 is 0. The SMILES string of the molecule is CC(=O)c1ccc2c(c1)C(C)C(C=C(c1ccccc1)c1ccccc1)=C2c1ccccc1. The molecule has 1 aliphatic rings. The molecule has 4 aromatic carbocycles. The van der Waals surface area contributed by atoms with E-state index in [1.54, 1.807) is 6.92 Å². The number of carbonyl (C=O) groups excluding carboxylic acids is 1. The molecule has 0 saturated heterocycles. The Morgan fingerprint density at radius 3 is 1.79 bits per heavy atom. The molecule has 0 spiro atoms. The maximum absolute atomic E-state index is 12.1. The van der Waals surface area contributed by atoms with Crippen LogP contribution in [0, 0.1) is 0 Å². The fourth-order valence-electron chi connectivity index (χ4n) is 4.76. The van der Waals surface area contributed by atoms with Gasteiger partial charge in [-0.25, -0.2) is 0 Å². The number of hydrogen-bond donors (Lipinski definition) is 0. The molecule has 0 aliphatic heterocycles. The molecule has 0 N–H and O–H groups in total. The van der Waals surface area contributed by atoms with Gasteiger partial charge in [-0.3, -0.25) is 4.79 Å². The molecule has 33 heavy (non-hydrogen) atoms. The largest absolute Gasteiger partial charge is 0.295 e. The smallest absolute Gasteiger partial charge is 0.159 e. The Morgan fingerprint density at radius 1 is 0.697 bits per heavy atom. The van der Waals surface area contributed by atoms with Gasteiger partial charge in [0.15, 0.2) is 5.78 Å². The van der Waals surface area contributed by atoms with Crippen LogP contribution < -0.4 is 0 Å². The van der Waals surface area contributed by atoms with Crippen LogP contribution in [0.4, 0.5) is 0 Å². The maximum atomic E-state index is 12.1. The van der Waals surface area contributed by atoms with Gasteiger partial charge in [0.05, 0.1) is 0 Å². The summed E-state index contributed by atoms with van der Waals surface area (Å²) in [6.45, 7) is 3.88. The molecule has 1 atom stereocenters. The molecule has 0 fully saturated rings. The molecule has 1 aliphatic carbocycles. The molecule has 0 bridgehead atoms. The summed E-state index contributed by atoms with van der Waals surface area (Å²) < 4.78 is 0. The van der Waals surface area contributed by atoms with Gasteiger partial charge < -0.3 is 0 Å². The van der Waals surface area contributed by atoms with Crippen molar-refractivity contribution in [1.29, 1.82) is 0 Å². The molecule has 160 valence electrons. The predicted molar refractivity (Wildman–Crippen MR) is 137 cm³/mol. The highest BCUT2D eigenvalue weighted by Gasteiger charge is 2.29. The number of ketones is 1. The zero-order valence-electron chi connectivity index (χ0n) is 19.0. The average molecular weight is 427 g/mol. The lowest BCUT2D eigenvalue weighted by Crippen LogP contribution is -1.98. The van der Waals surface area contributed by atoms with E-state index in [0.717, 1.165) is 5.56 Å². The van der Waals surface area contributed by atoms with Crippen LogP contribution in [0.1, 0.15) is 57.9 Å². The minimum absolute atomic E-state index is 0.101. The van der Waals surface area contributed by atoms with Crippen LogP contribution in [0.2, 0.25) is 0 Å². The van der Waals surface area contributed by atoms with Crippen LogP contribution in [0.15, 0.2) is 121 Å². The van der Waals surface area contributed by atoms with E-state index < -0.39 is 0 Å². The van der Waals surface area contributed by atoms with E-state index in [0.29, 0.717) is 0 Å². The van der Waals surface area contributed by atoms with Crippen LogP contribution in [0.25, 0.3) is 11.1 Å². The van der Waals surface area contributed by atoms with Gasteiger partial charge in [-0.1, -0.05) is 110 Å². The Hall–Kier alpha value is -3.97. The second-order valence-corrected chi connectivity index (χ2v) is 8.57. The van der Waals surface area contributed by atoms with E-state index in [-0.39, 0.29) is 11.7 Å². The van der Waals surface area contributed by atoms with E-state index in [9.17, 15) is 4.79 Å². The quantitative estimate of drug-likeness (QED) is 0.296. The molecule has 4 aromatic rings. The summed E-state index contributed by atoms with van der Waals surface area (Å²) in [5, 5.41) is 0. The number of Topliss-reactive ketones (excluding diaryl/α,β-unsaturated/α-hetero) is 1. The van der Waals surface area contributed by atoms with Crippen molar-refractivity contribution in [2.75, 3.05) is 0 Å². The van der Waals surface area contributed by atoms with Crippen LogP contribution in [-0.2, 0) is 0 Å². The normalized spacial score (nSPS) is 14.7. The highest BCUT2D eigenvalue weighted by atomic mass is 16.1. The monoisotopic (exact) mass is 426 g/mol. The van der Waals surface area contributed by atoms with Gasteiger partial charge >= 0.3 is 0 Å². The molecular formula is C32H26O. The maximum Gasteiger partial charge on any atom is 0.159 e. The van der Waals surface area contributed by atoms with Gasteiger partial charge in [-0.15, -0.1) is 0 Å². The molecule has 0 heterocycles. The number of allylic oxidation sites excluding steroid dienone is 2. The minimum atomic E-state index is 0.101. The first kappa shape index (κ1) is 20.9. The third-order valence-corrected chi connectivity index (χ3v) is 6.48. The van der Waals surface area contributed by atoms with Gasteiger partial charge in [-0.05, 0) is 63.6 Å². The van der Waals surface area contributed by atoms with Gasteiger partial charge in [0.1, 0.15) is 0 Å². The summed E-state index contributed by atoms with van der Waals surface area (Å²) in [7, 11) is 0. The number of benzene rings is 4. The molecule has 0 amide bonds. The van der Waals surface area contributed by atoms with Crippen molar-refractivity contribution in [2.24, 2.45) is 0 Å². The third-order valence-electron chi connectivity index (χ3n) is 6.48. The van der Waals surface area contributed by atoms with E-state index in [4.69, 9.17) is 0 Å². The van der Waals surface area contributed by atoms with Gasteiger partial charge in [0.2, 0.25) is 0 Å². The van der Waals surface area contributed by atoms with E-state index >= 15 is 0 Å². The number of hydrogen-bond acceptors (Lipinski definition) is 1. The molecule has 5 rings (SSSR count). The molecule has 1 nitrogen and oxygen atoms in total. The van der Waals surface area contributed by atoms with Crippen molar-refractivity contribution >= 4 is 16.9 Å². The minimum Gasteiger partial charge on any atom is -0.295 e. The van der Waals surface area contributed by atoms with Crippen molar-refractivity contribution < 1.29 is 4.79 Å². The average Bonchev–Trinajstić information content (AvgIpc) is 3.14. The lowest BCUT2D eigenvalue weighted by molar-refractivity contribution is 0.101. The van der Waals surface area contributed by atoms with Crippen LogP contribution in [-0.4, -0.2) is 5.78 Å². The van der Waals surface area contributed by atoms with Gasteiger partial charge in [0, 0.05) is 11.5 Å². The number of fused-ring (bicyclic) bond motifs is 1. The first-order chi connectivity index (χ1) is 16.1. The van der Waals surface area contributed by atoms with Crippen molar-refractivity contribution in [3.8, 4) is 0 Å². The zero-order chi connectivity index (χ0) is 22.8. The van der Waals surface area contributed by atoms with Crippen LogP contribution >= 0.6 is 0 Å². The van der Waals surface area contributed by atoms with E-state index in [2.05, 4.69) is 116 Å². The Labute approximate surface area is 195 Å². The fourth-order valence-corrected chi connectivity index (χ4v) is 4.76. The zero-order valence-corrected chi connectivity index (χ0v) is 19.0. The second kappa shape index (κ2) is 8.88. The Kier molecular flexibility index (Phi) is 5.62. The Morgan fingerprint density at radius 2 is 1.24 bits per heavy atom. The lowest BCUT2D eigenvalue weighted by Gasteiger charge is -2.14. The van der Waals surface area contributed by atoms with Crippen molar-refractivity contribution in [3.05, 3.63) is 154 Å². The van der Waals surface area contributed by atoms with Gasteiger partial charge in [0.25, 0.3) is 0 Å². The highest BCUT2D eigenvalue weighted by molar-refractivity contribution is 5.98. The van der Waals surface area contributed by atoms with E-state index in [1.807, 2.05) is 6.07 Å². The molecule has 0 radical (unpaired) electrons. The van der Waals surface area contributed by atoms with E-state index in [1.165, 1.54) is 44.5 Å². The summed E-state index contributed by atoms with van der Waals surface area (Å²) in [5.74, 6) is 0.279. The summed E-state index contributed by atoms with van der Waals surface area (Å²) in [6.07, 6.45) is 2.35. The van der Waals surface area contributed by atoms with Gasteiger partial charge in [-0.2, -0.15) is 0 Å². The topological polar surface area (TPSA) is 17.1 Å². The first-order valence-electron chi connectivity index (χ1n) is 11.4. The molecule has 0 aromatic heterocycles. The standard InChI is InChI=1S/C32H26O/c1-22-29-20-27(23(2)33)18-19-28(29)32(26-16-10-5-11-17-26)30(22)21-31(24-12-6-3-7-13-24)25-14-8-4-9-15-25/h3-22H,1-2H3. The third kappa shape index (κ3) is 3.99. The summed E-state index contributed by atoms with van der Waals surface area (Å²) in [4.78, 5) is 12.1. The molecule has 1 heteroatoms. The summed E-state index contributed by atoms with van der Waals surface area (Å²) in [6, 6.07) is 37.9. The molecule has 0 saturated carbocycles. The Balaban J connectivity index is 1.77.